The molecule has 70 valence electrons. The quantitative estimate of drug-likeness (QED) is 0.777. The molecular weight excluding hydrogens is 180 g/mol. The van der Waals surface area contributed by atoms with Gasteiger partial charge >= 0.3 is 5.76 Å². The molecule has 4 nitrogen and oxygen atoms in total. The second-order valence-electron chi connectivity index (χ2n) is 2.72. The SMILES string of the molecule is O=c1[nH]c(/C=C/c2ccccc2)no1. The van der Waals surface area contributed by atoms with Crippen LogP contribution in [0.1, 0.15) is 11.4 Å². The van der Waals surface area contributed by atoms with Gasteiger partial charge in [0.1, 0.15) is 0 Å². The topological polar surface area (TPSA) is 58.9 Å². The number of hydrogen-bond acceptors (Lipinski definition) is 3. The van der Waals surface area contributed by atoms with Crippen LogP contribution in [0.2, 0.25) is 0 Å². The number of benzene rings is 1. The minimum Gasteiger partial charge on any atom is -0.296 e. The largest absolute Gasteiger partial charge is 0.439 e. The van der Waals surface area contributed by atoms with Crippen molar-refractivity contribution in [3.8, 4) is 0 Å². The molecule has 2 aromatic rings. The van der Waals surface area contributed by atoms with Crippen LogP contribution in [0, 0.1) is 0 Å². The lowest BCUT2D eigenvalue weighted by Gasteiger charge is -1.88. The maximum atomic E-state index is 10.6. The molecule has 0 saturated carbocycles. The van der Waals surface area contributed by atoms with Crippen LogP contribution in [-0.2, 0) is 0 Å². The highest BCUT2D eigenvalue weighted by Gasteiger charge is 1.93. The molecule has 0 atom stereocenters. The molecule has 0 bridgehead atoms. The first-order chi connectivity index (χ1) is 6.84. The molecule has 4 heteroatoms. The van der Waals surface area contributed by atoms with Crippen LogP contribution >= 0.6 is 0 Å². The zero-order chi connectivity index (χ0) is 9.80. The van der Waals surface area contributed by atoms with Gasteiger partial charge in [0.05, 0.1) is 0 Å². The van der Waals surface area contributed by atoms with E-state index in [4.69, 9.17) is 0 Å². The van der Waals surface area contributed by atoms with Crippen molar-refractivity contribution in [1.29, 1.82) is 0 Å². The first-order valence-electron chi connectivity index (χ1n) is 4.14. The molecule has 0 radical (unpaired) electrons. The van der Waals surface area contributed by atoms with Crippen LogP contribution in [-0.4, -0.2) is 10.1 Å². The maximum Gasteiger partial charge on any atom is 0.439 e. The van der Waals surface area contributed by atoms with Crippen LogP contribution in [0.25, 0.3) is 12.2 Å². The predicted octanol–water partition coefficient (Wildman–Crippen LogP) is 1.53. The molecule has 0 unspecified atom stereocenters. The summed E-state index contributed by atoms with van der Waals surface area (Å²) in [6.07, 6.45) is 3.52. The number of nitrogens with zero attached hydrogens (tertiary/aromatic N) is 1. The van der Waals surface area contributed by atoms with E-state index in [1.165, 1.54) is 0 Å². The van der Waals surface area contributed by atoms with E-state index in [1.807, 2.05) is 36.4 Å². The number of aromatic amines is 1. The highest BCUT2D eigenvalue weighted by Crippen LogP contribution is 2.03. The highest BCUT2D eigenvalue weighted by molar-refractivity contribution is 5.66. The Bertz CT molecular complexity index is 482. The van der Waals surface area contributed by atoms with Gasteiger partial charge in [-0.15, -0.1) is 0 Å². The van der Waals surface area contributed by atoms with Gasteiger partial charge in [-0.1, -0.05) is 41.6 Å². The molecule has 0 aliphatic heterocycles. The van der Waals surface area contributed by atoms with Gasteiger partial charge < -0.3 is 0 Å². The molecule has 0 aliphatic carbocycles. The van der Waals surface area contributed by atoms with E-state index in [0.717, 1.165) is 5.56 Å². The van der Waals surface area contributed by atoms with Crippen LogP contribution < -0.4 is 5.76 Å². The fourth-order valence-corrected chi connectivity index (χ4v) is 1.05. The Hall–Kier alpha value is -2.10. The van der Waals surface area contributed by atoms with Gasteiger partial charge in [-0.2, -0.15) is 0 Å². The summed E-state index contributed by atoms with van der Waals surface area (Å²) in [4.78, 5) is 13.0. The van der Waals surface area contributed by atoms with Crippen molar-refractivity contribution in [3.63, 3.8) is 0 Å². The molecule has 0 spiro atoms. The summed E-state index contributed by atoms with van der Waals surface area (Å²) in [5.74, 6) is -0.128. The molecule has 1 aromatic carbocycles. The van der Waals surface area contributed by atoms with E-state index in [9.17, 15) is 4.79 Å². The van der Waals surface area contributed by atoms with E-state index in [1.54, 1.807) is 6.08 Å². The van der Waals surface area contributed by atoms with Gasteiger partial charge in [-0.3, -0.25) is 9.51 Å². The Balaban J connectivity index is 2.19. The highest BCUT2D eigenvalue weighted by atomic mass is 16.5. The zero-order valence-electron chi connectivity index (χ0n) is 7.31. The van der Waals surface area contributed by atoms with E-state index >= 15 is 0 Å². The molecule has 14 heavy (non-hydrogen) atoms. The lowest BCUT2D eigenvalue weighted by atomic mass is 10.2. The van der Waals surface area contributed by atoms with E-state index in [-0.39, 0.29) is 0 Å². The number of rotatable bonds is 2. The second kappa shape index (κ2) is 3.74. The van der Waals surface area contributed by atoms with E-state index < -0.39 is 5.76 Å². The van der Waals surface area contributed by atoms with Crippen LogP contribution in [0.5, 0.6) is 0 Å². The van der Waals surface area contributed by atoms with Crippen LogP contribution in [0.15, 0.2) is 39.6 Å². The molecule has 0 amide bonds. The monoisotopic (exact) mass is 188 g/mol. The summed E-state index contributed by atoms with van der Waals surface area (Å²) in [6, 6.07) is 9.72. The van der Waals surface area contributed by atoms with Gasteiger partial charge in [0, 0.05) is 0 Å². The summed E-state index contributed by atoms with van der Waals surface area (Å²) < 4.78 is 4.34. The molecule has 1 N–H and O–H groups in total. The van der Waals surface area contributed by atoms with Crippen molar-refractivity contribution in [2.24, 2.45) is 0 Å². The Morgan fingerprint density at radius 2 is 2.00 bits per heavy atom. The summed E-state index contributed by atoms with van der Waals surface area (Å²) in [7, 11) is 0. The molecule has 1 aromatic heterocycles. The maximum absolute atomic E-state index is 10.6. The fraction of sp³-hybridized carbons (Fsp3) is 0. The second-order valence-corrected chi connectivity index (χ2v) is 2.72. The smallest absolute Gasteiger partial charge is 0.296 e. The van der Waals surface area contributed by atoms with Crippen molar-refractivity contribution >= 4 is 12.2 Å². The fourth-order valence-electron chi connectivity index (χ4n) is 1.05. The summed E-state index contributed by atoms with van der Waals surface area (Å²) in [6.45, 7) is 0. The zero-order valence-corrected chi connectivity index (χ0v) is 7.31. The molecule has 0 saturated heterocycles. The Labute approximate surface area is 79.9 Å². The van der Waals surface area contributed by atoms with Gasteiger partial charge in [0.15, 0.2) is 5.82 Å². The summed E-state index contributed by atoms with van der Waals surface area (Å²) in [5.41, 5.74) is 1.04. The van der Waals surface area contributed by atoms with Gasteiger partial charge in [0.2, 0.25) is 0 Å². The molecule has 1 heterocycles. The molecule has 0 aliphatic rings. The lowest BCUT2D eigenvalue weighted by molar-refractivity contribution is 0.385. The van der Waals surface area contributed by atoms with E-state index in [0.29, 0.717) is 5.82 Å². The third kappa shape index (κ3) is 1.98. The van der Waals surface area contributed by atoms with Crippen molar-refractivity contribution in [3.05, 3.63) is 52.3 Å². The van der Waals surface area contributed by atoms with Crippen molar-refractivity contribution in [2.75, 3.05) is 0 Å². The molecule has 0 fully saturated rings. The van der Waals surface area contributed by atoms with Crippen molar-refractivity contribution < 1.29 is 4.52 Å². The Morgan fingerprint density at radius 3 is 2.64 bits per heavy atom. The summed E-state index contributed by atoms with van der Waals surface area (Å²) >= 11 is 0. The number of hydrogen-bond donors (Lipinski definition) is 1. The number of H-pyrrole nitrogens is 1. The first kappa shape index (κ1) is 8.50. The molecule has 2 rings (SSSR count). The Morgan fingerprint density at radius 1 is 1.21 bits per heavy atom. The van der Waals surface area contributed by atoms with E-state index in [2.05, 4.69) is 14.7 Å². The average Bonchev–Trinajstić information content (AvgIpc) is 2.63. The Kier molecular flexibility index (Phi) is 2.27. The first-order valence-corrected chi connectivity index (χ1v) is 4.14. The number of nitrogens with one attached hydrogen (secondary N) is 1. The third-order valence-electron chi connectivity index (χ3n) is 1.69. The van der Waals surface area contributed by atoms with Gasteiger partial charge in [0.25, 0.3) is 0 Å². The summed E-state index contributed by atoms with van der Waals surface area (Å²) in [5, 5.41) is 3.50. The minimum absolute atomic E-state index is 0.416. The lowest BCUT2D eigenvalue weighted by Crippen LogP contribution is -1.94. The van der Waals surface area contributed by atoms with Crippen LogP contribution in [0.4, 0.5) is 0 Å². The van der Waals surface area contributed by atoms with Crippen molar-refractivity contribution in [2.45, 2.75) is 0 Å². The van der Waals surface area contributed by atoms with Gasteiger partial charge in [-0.05, 0) is 11.6 Å². The molecular formula is C10H8N2O2. The predicted molar refractivity (Wildman–Crippen MR) is 52.5 cm³/mol. The normalized spacial score (nSPS) is 10.9. The standard InChI is InChI=1S/C10H8N2O2/c13-10-11-9(12-14-10)7-6-8-4-2-1-3-5-8/h1-7H,(H,11,12,13)/b7-6+. The number of aromatic nitrogens is 2. The van der Waals surface area contributed by atoms with Crippen molar-refractivity contribution in [1.82, 2.24) is 10.1 Å². The average molecular weight is 188 g/mol. The minimum atomic E-state index is -0.544. The third-order valence-corrected chi connectivity index (χ3v) is 1.69. The van der Waals surface area contributed by atoms with Crippen LogP contribution in [0.3, 0.4) is 0 Å². The van der Waals surface area contributed by atoms with Gasteiger partial charge in [-0.25, -0.2) is 4.79 Å².